The molecule has 0 spiro atoms. The van der Waals surface area contributed by atoms with Crippen molar-refractivity contribution in [2.24, 2.45) is 0 Å². The van der Waals surface area contributed by atoms with Gasteiger partial charge in [-0.15, -0.1) is 0 Å². The molecule has 0 bridgehead atoms. The molecule has 4 aromatic rings. The zero-order valence-electron chi connectivity index (χ0n) is 18.6. The van der Waals surface area contributed by atoms with E-state index in [0.29, 0.717) is 28.2 Å². The Morgan fingerprint density at radius 1 is 0.970 bits per heavy atom. The Morgan fingerprint density at radius 3 is 2.42 bits per heavy atom. The highest BCUT2D eigenvalue weighted by Crippen LogP contribution is 2.27. The van der Waals surface area contributed by atoms with Crippen LogP contribution in [0.5, 0.6) is 0 Å². The van der Waals surface area contributed by atoms with Crippen molar-refractivity contribution in [1.82, 2.24) is 19.6 Å². The second-order valence-electron chi connectivity index (χ2n) is 7.84. The summed E-state index contributed by atoms with van der Waals surface area (Å²) in [6.45, 7) is 7.18. The fourth-order valence-corrected chi connectivity index (χ4v) is 4.35. The first kappa shape index (κ1) is 23.3. The van der Waals surface area contributed by atoms with Crippen LogP contribution in [0.15, 0.2) is 54.9 Å². The molecule has 0 fully saturated rings. The third-order valence-electron chi connectivity index (χ3n) is 5.47. The van der Waals surface area contributed by atoms with E-state index in [1.165, 1.54) is 11.1 Å². The fourth-order valence-electron chi connectivity index (χ4n) is 3.62. The van der Waals surface area contributed by atoms with E-state index < -0.39 is 0 Å². The summed E-state index contributed by atoms with van der Waals surface area (Å²) in [5.74, 6) is 0. The summed E-state index contributed by atoms with van der Waals surface area (Å²) in [6, 6.07) is 13.8. The summed E-state index contributed by atoms with van der Waals surface area (Å²) in [4.78, 5) is 0. The Hall–Kier alpha value is -2.87. The third kappa shape index (κ3) is 5.38. The predicted molar refractivity (Wildman–Crippen MR) is 140 cm³/mol. The van der Waals surface area contributed by atoms with Crippen LogP contribution in [0.1, 0.15) is 28.1 Å². The molecule has 4 rings (SSSR count). The van der Waals surface area contributed by atoms with Crippen molar-refractivity contribution in [3.05, 3.63) is 93.0 Å². The Bertz CT molecular complexity index is 1290. The first-order chi connectivity index (χ1) is 15.8. The van der Waals surface area contributed by atoms with Gasteiger partial charge in [0.05, 0.1) is 42.0 Å². The molecule has 170 valence electrons. The quantitative estimate of drug-likeness (QED) is 0.309. The van der Waals surface area contributed by atoms with E-state index in [9.17, 15) is 0 Å². The number of aryl methyl sites for hydroxylation is 2. The molecule has 9 heteroatoms. The predicted octanol–water partition coefficient (Wildman–Crippen LogP) is 6.22. The van der Waals surface area contributed by atoms with Crippen LogP contribution < -0.4 is 10.6 Å². The standard InChI is InChI=1S/C24H24Cl2N6S/c1-15-7-4-5-8-18(15)12-31-13-19(11-27-31)28-24(33)29-23-16(2)30-32(17(23)3)14-20-21(25)9-6-10-22(20)26/h4-11,13H,12,14H2,1-3H3,(H2,28,29,33). The number of hydrogen-bond acceptors (Lipinski definition) is 3. The molecular formula is C24H24Cl2N6S. The molecule has 2 aromatic heterocycles. The molecule has 0 unspecified atom stereocenters. The average Bonchev–Trinajstić information content (AvgIpc) is 3.31. The largest absolute Gasteiger partial charge is 0.330 e. The normalized spacial score (nSPS) is 10.9. The summed E-state index contributed by atoms with van der Waals surface area (Å²) >= 11 is 18.2. The summed E-state index contributed by atoms with van der Waals surface area (Å²) in [5.41, 5.74) is 6.72. The number of anilines is 2. The Balaban J connectivity index is 1.43. The van der Waals surface area contributed by atoms with Crippen LogP contribution in [0.3, 0.4) is 0 Å². The van der Waals surface area contributed by atoms with Gasteiger partial charge in [0.2, 0.25) is 0 Å². The van der Waals surface area contributed by atoms with Crippen molar-refractivity contribution in [1.29, 1.82) is 0 Å². The molecular weight excluding hydrogens is 475 g/mol. The van der Waals surface area contributed by atoms with Gasteiger partial charge in [0, 0.05) is 21.8 Å². The first-order valence-corrected chi connectivity index (χ1v) is 11.6. The molecule has 2 N–H and O–H groups in total. The SMILES string of the molecule is Cc1ccccc1Cn1cc(NC(=S)Nc2c(C)nn(Cc3c(Cl)cccc3Cl)c2C)cn1. The monoisotopic (exact) mass is 498 g/mol. The molecule has 0 amide bonds. The maximum Gasteiger partial charge on any atom is 0.175 e. The number of aromatic nitrogens is 4. The van der Waals surface area contributed by atoms with Crippen molar-refractivity contribution >= 4 is 51.9 Å². The summed E-state index contributed by atoms with van der Waals surface area (Å²) in [5, 5.41) is 17.2. The Kier molecular flexibility index (Phi) is 7.02. The number of rotatable bonds is 6. The van der Waals surface area contributed by atoms with Gasteiger partial charge in [0.15, 0.2) is 5.11 Å². The molecule has 0 saturated heterocycles. The molecule has 6 nitrogen and oxygen atoms in total. The number of hydrogen-bond donors (Lipinski definition) is 2. The lowest BCUT2D eigenvalue weighted by Crippen LogP contribution is -2.19. The van der Waals surface area contributed by atoms with Gasteiger partial charge in [-0.05, 0) is 56.2 Å². The highest BCUT2D eigenvalue weighted by molar-refractivity contribution is 7.80. The van der Waals surface area contributed by atoms with Crippen molar-refractivity contribution in [3.63, 3.8) is 0 Å². The average molecular weight is 499 g/mol. The summed E-state index contributed by atoms with van der Waals surface area (Å²) < 4.78 is 3.75. The number of halogens is 2. The van der Waals surface area contributed by atoms with E-state index in [-0.39, 0.29) is 0 Å². The van der Waals surface area contributed by atoms with Gasteiger partial charge in [-0.1, -0.05) is 53.5 Å². The smallest absolute Gasteiger partial charge is 0.175 e. The van der Waals surface area contributed by atoms with Crippen molar-refractivity contribution in [3.8, 4) is 0 Å². The van der Waals surface area contributed by atoms with Gasteiger partial charge < -0.3 is 10.6 Å². The maximum absolute atomic E-state index is 6.33. The fraction of sp³-hybridized carbons (Fsp3) is 0.208. The topological polar surface area (TPSA) is 59.7 Å². The Labute approximate surface area is 208 Å². The number of nitrogens with zero attached hydrogens (tertiary/aromatic N) is 4. The molecule has 0 aliphatic heterocycles. The van der Waals surface area contributed by atoms with E-state index in [2.05, 4.69) is 39.9 Å². The van der Waals surface area contributed by atoms with Gasteiger partial charge >= 0.3 is 0 Å². The number of nitrogens with one attached hydrogen (secondary N) is 2. The number of thiocarbonyl (C=S) groups is 1. The van der Waals surface area contributed by atoms with E-state index in [4.69, 9.17) is 35.4 Å². The van der Waals surface area contributed by atoms with Crippen LogP contribution in [-0.4, -0.2) is 24.7 Å². The minimum Gasteiger partial charge on any atom is -0.330 e. The van der Waals surface area contributed by atoms with Crippen LogP contribution in [0.25, 0.3) is 0 Å². The van der Waals surface area contributed by atoms with Crippen molar-refractivity contribution in [2.45, 2.75) is 33.9 Å². The number of benzene rings is 2. The van der Waals surface area contributed by atoms with Crippen LogP contribution >= 0.6 is 35.4 Å². The first-order valence-electron chi connectivity index (χ1n) is 10.4. The molecule has 2 aromatic carbocycles. The molecule has 0 radical (unpaired) electrons. The lowest BCUT2D eigenvalue weighted by atomic mass is 10.1. The van der Waals surface area contributed by atoms with E-state index >= 15 is 0 Å². The molecule has 0 aliphatic rings. The zero-order chi connectivity index (χ0) is 23.5. The minimum atomic E-state index is 0.465. The van der Waals surface area contributed by atoms with Gasteiger partial charge in [0.25, 0.3) is 0 Å². The van der Waals surface area contributed by atoms with Crippen LogP contribution in [0, 0.1) is 20.8 Å². The molecule has 0 saturated carbocycles. The van der Waals surface area contributed by atoms with Crippen LogP contribution in [0.2, 0.25) is 10.0 Å². The van der Waals surface area contributed by atoms with E-state index in [0.717, 1.165) is 28.3 Å². The zero-order valence-corrected chi connectivity index (χ0v) is 20.9. The second-order valence-corrected chi connectivity index (χ2v) is 9.06. The maximum atomic E-state index is 6.33. The third-order valence-corrected chi connectivity index (χ3v) is 6.39. The molecule has 0 atom stereocenters. The lowest BCUT2D eigenvalue weighted by molar-refractivity contribution is 0.659. The van der Waals surface area contributed by atoms with E-state index in [1.54, 1.807) is 6.20 Å². The van der Waals surface area contributed by atoms with Crippen molar-refractivity contribution < 1.29 is 0 Å². The van der Waals surface area contributed by atoms with Crippen molar-refractivity contribution in [2.75, 3.05) is 10.6 Å². The van der Waals surface area contributed by atoms with Crippen LogP contribution in [0.4, 0.5) is 11.4 Å². The van der Waals surface area contributed by atoms with Gasteiger partial charge in [0.1, 0.15) is 0 Å². The van der Waals surface area contributed by atoms with Gasteiger partial charge in [-0.3, -0.25) is 9.36 Å². The molecule has 0 aliphatic carbocycles. The highest BCUT2D eigenvalue weighted by atomic mass is 35.5. The second kappa shape index (κ2) is 9.95. The molecule has 33 heavy (non-hydrogen) atoms. The van der Waals surface area contributed by atoms with Crippen LogP contribution in [-0.2, 0) is 13.1 Å². The van der Waals surface area contributed by atoms with E-state index in [1.807, 2.05) is 59.7 Å². The lowest BCUT2D eigenvalue weighted by Gasteiger charge is -2.11. The van der Waals surface area contributed by atoms with Gasteiger partial charge in [-0.25, -0.2) is 0 Å². The molecule has 2 heterocycles. The van der Waals surface area contributed by atoms with Gasteiger partial charge in [-0.2, -0.15) is 10.2 Å². The Morgan fingerprint density at radius 2 is 1.70 bits per heavy atom. The summed E-state index contributed by atoms with van der Waals surface area (Å²) in [6.07, 6.45) is 3.69. The minimum absolute atomic E-state index is 0.465. The highest BCUT2D eigenvalue weighted by Gasteiger charge is 2.15. The summed E-state index contributed by atoms with van der Waals surface area (Å²) in [7, 11) is 0.